The second-order valence-electron chi connectivity index (χ2n) is 4.09. The summed E-state index contributed by atoms with van der Waals surface area (Å²) >= 11 is 5.01. The van der Waals surface area contributed by atoms with E-state index in [1.54, 1.807) is 25.5 Å². The molecule has 1 aromatic heterocycles. The van der Waals surface area contributed by atoms with Crippen molar-refractivity contribution >= 4 is 23.0 Å². The van der Waals surface area contributed by atoms with Crippen molar-refractivity contribution in [1.29, 1.82) is 0 Å². The highest BCUT2D eigenvalue weighted by Crippen LogP contribution is 2.24. The van der Waals surface area contributed by atoms with Gasteiger partial charge in [-0.15, -0.1) is 0 Å². The molecule has 0 spiro atoms. The molecule has 7 nitrogen and oxygen atoms in total. The van der Waals surface area contributed by atoms with Crippen molar-refractivity contribution in [3.8, 4) is 0 Å². The molecule has 0 radical (unpaired) electrons. The van der Waals surface area contributed by atoms with Gasteiger partial charge in [0, 0.05) is 12.4 Å². The van der Waals surface area contributed by atoms with Crippen LogP contribution in [0, 0.1) is 10.1 Å². The minimum Gasteiger partial charge on any atom is -0.259 e. The zero-order valence-corrected chi connectivity index (χ0v) is 10.8. The number of rotatable bonds is 3. The zero-order valence-electron chi connectivity index (χ0n) is 9.98. The Morgan fingerprint density at radius 3 is 2.61 bits per heavy atom. The molecular formula is C10H12N5O2S+. The van der Waals surface area contributed by atoms with E-state index in [-0.39, 0.29) is 9.47 Å². The molecule has 0 saturated carbocycles. The first-order valence-electron chi connectivity index (χ1n) is 5.40. The van der Waals surface area contributed by atoms with Gasteiger partial charge in [0.25, 0.3) is 5.84 Å². The number of aromatic nitrogens is 2. The van der Waals surface area contributed by atoms with Crippen molar-refractivity contribution in [2.45, 2.75) is 13.1 Å². The minimum absolute atomic E-state index is 0.00412. The molecule has 8 heteroatoms. The second kappa shape index (κ2) is 4.46. The van der Waals surface area contributed by atoms with E-state index in [0.717, 1.165) is 0 Å². The topological polar surface area (TPSA) is 81.3 Å². The Kier molecular flexibility index (Phi) is 3.14. The summed E-state index contributed by atoms with van der Waals surface area (Å²) in [5.74, 6) is 0.832. The van der Waals surface area contributed by atoms with Crippen LogP contribution in [0.15, 0.2) is 23.5 Å². The summed E-state index contributed by atoms with van der Waals surface area (Å²) in [6.07, 6.45) is 2.12. The van der Waals surface area contributed by atoms with E-state index in [1.807, 2.05) is 6.92 Å². The standard InChI is InChI=1S/C10H12N5O2S/c1-3-15(2)8(7-11-5-4-6-12-7)13-9(18)10(15)14(16)17/h4-6,10H,3H2,1-2H3/q+1. The first-order chi connectivity index (χ1) is 8.50. The highest BCUT2D eigenvalue weighted by molar-refractivity contribution is 7.80. The van der Waals surface area contributed by atoms with Crippen LogP contribution < -0.4 is 0 Å². The fourth-order valence-corrected chi connectivity index (χ4v) is 2.36. The van der Waals surface area contributed by atoms with Crippen LogP contribution in [0.25, 0.3) is 0 Å². The summed E-state index contributed by atoms with van der Waals surface area (Å²) in [7, 11) is 1.72. The van der Waals surface area contributed by atoms with Crippen LogP contribution in [0.5, 0.6) is 0 Å². The van der Waals surface area contributed by atoms with Crippen molar-refractivity contribution < 1.29 is 9.41 Å². The molecule has 2 rings (SSSR count). The Labute approximate surface area is 109 Å². The van der Waals surface area contributed by atoms with Crippen molar-refractivity contribution in [1.82, 2.24) is 9.97 Å². The predicted octanol–water partition coefficient (Wildman–Crippen LogP) is 0.634. The number of aliphatic imine (C=N–C) groups is 1. The number of likely N-dealkylation sites (N-methyl/N-ethyl adjacent to an activating group) is 1. The molecule has 18 heavy (non-hydrogen) atoms. The molecule has 0 fully saturated rings. The summed E-state index contributed by atoms with van der Waals surface area (Å²) in [6, 6.07) is 1.68. The van der Waals surface area contributed by atoms with Gasteiger partial charge in [0.2, 0.25) is 10.8 Å². The van der Waals surface area contributed by atoms with Gasteiger partial charge in [-0.3, -0.25) is 10.1 Å². The summed E-state index contributed by atoms with van der Waals surface area (Å²) < 4.78 is -0.00412. The van der Waals surface area contributed by atoms with Gasteiger partial charge < -0.3 is 0 Å². The number of hydrogen-bond acceptors (Lipinski definition) is 5. The van der Waals surface area contributed by atoms with Crippen LogP contribution >= 0.6 is 12.2 Å². The van der Waals surface area contributed by atoms with E-state index in [4.69, 9.17) is 12.2 Å². The Morgan fingerprint density at radius 2 is 2.11 bits per heavy atom. The van der Waals surface area contributed by atoms with Crippen molar-refractivity contribution in [2.75, 3.05) is 13.6 Å². The molecule has 1 aliphatic rings. The lowest BCUT2D eigenvalue weighted by molar-refractivity contribution is -0.921. The monoisotopic (exact) mass is 266 g/mol. The van der Waals surface area contributed by atoms with E-state index in [2.05, 4.69) is 15.0 Å². The van der Waals surface area contributed by atoms with Crippen molar-refractivity contribution in [2.24, 2.45) is 4.99 Å². The van der Waals surface area contributed by atoms with Gasteiger partial charge in [-0.25, -0.2) is 14.5 Å². The molecule has 2 unspecified atom stereocenters. The highest BCUT2D eigenvalue weighted by atomic mass is 32.1. The fourth-order valence-electron chi connectivity index (χ4n) is 1.95. The minimum atomic E-state index is -1.04. The van der Waals surface area contributed by atoms with Gasteiger partial charge in [0.15, 0.2) is 0 Å². The number of nitrogens with zero attached hydrogens (tertiary/aromatic N) is 5. The first-order valence-corrected chi connectivity index (χ1v) is 5.80. The van der Waals surface area contributed by atoms with Crippen LogP contribution in [0.3, 0.4) is 0 Å². The Hall–Kier alpha value is -1.80. The maximum Gasteiger partial charge on any atom is 0.395 e. The molecule has 0 aromatic carbocycles. The quantitative estimate of drug-likeness (QED) is 0.347. The van der Waals surface area contributed by atoms with Gasteiger partial charge in [0.1, 0.15) is 0 Å². The lowest BCUT2D eigenvalue weighted by atomic mass is 10.3. The number of quaternary nitrogens is 1. The average Bonchev–Trinajstić information content (AvgIpc) is 2.63. The highest BCUT2D eigenvalue weighted by Gasteiger charge is 2.55. The van der Waals surface area contributed by atoms with E-state index in [9.17, 15) is 10.1 Å². The molecule has 0 aliphatic carbocycles. The van der Waals surface area contributed by atoms with Crippen molar-refractivity contribution in [3.63, 3.8) is 0 Å². The number of thiocarbonyl (C=S) groups is 1. The average molecular weight is 266 g/mol. The largest absolute Gasteiger partial charge is 0.395 e. The number of nitro groups is 1. The Balaban J connectivity index is 2.52. The summed E-state index contributed by atoms with van der Waals surface area (Å²) in [6.45, 7) is 2.34. The van der Waals surface area contributed by atoms with Gasteiger partial charge >= 0.3 is 6.17 Å². The lowest BCUT2D eigenvalue weighted by Gasteiger charge is -2.28. The molecule has 94 valence electrons. The van der Waals surface area contributed by atoms with E-state index >= 15 is 0 Å². The van der Waals surface area contributed by atoms with E-state index in [1.165, 1.54) is 0 Å². The van der Waals surface area contributed by atoms with Gasteiger partial charge in [0.05, 0.1) is 18.5 Å². The van der Waals surface area contributed by atoms with Gasteiger partial charge in [-0.2, -0.15) is 4.99 Å². The molecule has 0 saturated heterocycles. The van der Waals surface area contributed by atoms with Crippen LogP contribution in [0.1, 0.15) is 12.7 Å². The second-order valence-corrected chi connectivity index (χ2v) is 4.51. The maximum absolute atomic E-state index is 11.2. The fraction of sp³-hybridized carbons (Fsp3) is 0.400. The zero-order chi connectivity index (χ0) is 13.3. The Bertz CT molecular complexity index is 532. The molecule has 1 aliphatic heterocycles. The SMILES string of the molecule is CC[N+]1(C)C(c2ncccn2)=NC(=S)C1[N+](=O)[O-]. The van der Waals surface area contributed by atoms with Crippen LogP contribution in [-0.4, -0.2) is 50.0 Å². The van der Waals surface area contributed by atoms with Crippen molar-refractivity contribution in [3.05, 3.63) is 34.4 Å². The molecule has 0 N–H and O–H groups in total. The third kappa shape index (κ3) is 1.79. The van der Waals surface area contributed by atoms with E-state index < -0.39 is 11.1 Å². The predicted molar refractivity (Wildman–Crippen MR) is 68.7 cm³/mol. The normalized spacial score (nSPS) is 27.1. The molecule has 0 amide bonds. The Morgan fingerprint density at radius 1 is 1.50 bits per heavy atom. The summed E-state index contributed by atoms with van der Waals surface area (Å²) in [5, 5.41) is 11.2. The third-order valence-electron chi connectivity index (χ3n) is 3.08. The third-order valence-corrected chi connectivity index (χ3v) is 3.39. The lowest BCUT2D eigenvalue weighted by Crippen LogP contribution is -2.58. The smallest absolute Gasteiger partial charge is 0.259 e. The molecule has 0 bridgehead atoms. The molecular weight excluding hydrogens is 254 g/mol. The van der Waals surface area contributed by atoms with Crippen LogP contribution in [-0.2, 0) is 0 Å². The van der Waals surface area contributed by atoms with Gasteiger partial charge in [-0.1, -0.05) is 0 Å². The molecule has 1 aromatic rings. The summed E-state index contributed by atoms with van der Waals surface area (Å²) in [4.78, 5) is 23.2. The first kappa shape index (κ1) is 12.7. The van der Waals surface area contributed by atoms with Gasteiger partial charge in [-0.05, 0) is 25.2 Å². The number of hydrogen-bond donors (Lipinski definition) is 0. The maximum atomic E-state index is 11.2. The van der Waals surface area contributed by atoms with Crippen LogP contribution in [0.4, 0.5) is 0 Å². The van der Waals surface area contributed by atoms with Crippen LogP contribution in [0.2, 0.25) is 0 Å². The molecule has 2 heterocycles. The summed E-state index contributed by atoms with van der Waals surface area (Å²) in [5.41, 5.74) is 0. The van der Waals surface area contributed by atoms with E-state index in [0.29, 0.717) is 18.2 Å². The molecule has 2 atom stereocenters. The number of amidine groups is 1.